The zero-order chi connectivity index (χ0) is 27.8. The second kappa shape index (κ2) is 17.2. The number of hydrogen-bond donors (Lipinski definition) is 0. The van der Waals surface area contributed by atoms with Crippen molar-refractivity contribution in [2.45, 2.75) is 40.8 Å². The van der Waals surface area contributed by atoms with E-state index in [0.29, 0.717) is 11.3 Å². The average molecular weight is 495 g/mol. The minimum atomic E-state index is -4.51. The highest BCUT2D eigenvalue weighted by Gasteiger charge is 2.30. The SMILES string of the molecule is C=CC.C=CC.C=Cc1c(/C=C(\C)C(F)(F)F)oc2ccc(C)c(/C=C(\C)OC)c2c1=O.COC. The van der Waals surface area contributed by atoms with Crippen LogP contribution in [0.4, 0.5) is 13.2 Å². The summed E-state index contributed by atoms with van der Waals surface area (Å²) in [5, 5.41) is 0.276. The molecular formula is C28H37F3O4. The smallest absolute Gasteiger partial charge is 0.412 e. The number of allylic oxidation sites excluding steroid dienone is 4. The van der Waals surface area contributed by atoms with Crippen LogP contribution in [0.1, 0.15) is 50.1 Å². The van der Waals surface area contributed by atoms with Crippen molar-refractivity contribution in [3.8, 4) is 0 Å². The van der Waals surface area contributed by atoms with Crippen LogP contribution in [-0.2, 0) is 9.47 Å². The van der Waals surface area contributed by atoms with Crippen LogP contribution >= 0.6 is 0 Å². The van der Waals surface area contributed by atoms with E-state index in [2.05, 4.69) is 24.5 Å². The molecule has 0 N–H and O–H groups in total. The number of benzene rings is 1. The van der Waals surface area contributed by atoms with Gasteiger partial charge in [-0.15, -0.1) is 13.2 Å². The van der Waals surface area contributed by atoms with E-state index in [4.69, 9.17) is 9.15 Å². The number of rotatable bonds is 4. The van der Waals surface area contributed by atoms with Crippen molar-refractivity contribution in [2.75, 3.05) is 21.3 Å². The number of alkyl halides is 3. The second-order valence-corrected chi connectivity index (χ2v) is 7.09. The van der Waals surface area contributed by atoms with Crippen LogP contribution in [0.2, 0.25) is 0 Å². The molecule has 1 aromatic carbocycles. The van der Waals surface area contributed by atoms with Crippen molar-refractivity contribution >= 4 is 29.2 Å². The quantitative estimate of drug-likeness (QED) is 0.316. The van der Waals surface area contributed by atoms with Gasteiger partial charge in [0.1, 0.15) is 11.3 Å². The summed E-state index contributed by atoms with van der Waals surface area (Å²) in [5.41, 5.74) is 0.277. The highest BCUT2D eigenvalue weighted by Crippen LogP contribution is 2.30. The standard InChI is InChI=1S/C20H19F3O3.2C3H6.C2H6O/c1-6-14-17(9-12(3)20(21,22)23)26-16-8-7-11(2)15(10-13(4)25-5)18(16)19(14)24;3*1-3-2/h6-10H,1H2,2-5H3;2*3H,1H2,2H3;1-2H3/b12-9+,13-10+;;;. The van der Waals surface area contributed by atoms with Crippen LogP contribution in [0.3, 0.4) is 0 Å². The zero-order valence-electron chi connectivity index (χ0n) is 21.9. The highest BCUT2D eigenvalue weighted by atomic mass is 19.4. The Morgan fingerprint density at radius 3 is 1.86 bits per heavy atom. The van der Waals surface area contributed by atoms with E-state index >= 15 is 0 Å². The lowest BCUT2D eigenvalue weighted by atomic mass is 9.99. The summed E-state index contributed by atoms with van der Waals surface area (Å²) in [7, 11) is 4.76. The summed E-state index contributed by atoms with van der Waals surface area (Å²) in [6.45, 7) is 18.5. The van der Waals surface area contributed by atoms with Gasteiger partial charge in [0.05, 0.1) is 23.8 Å². The first-order chi connectivity index (χ1) is 16.3. The minimum Gasteiger partial charge on any atom is -0.501 e. The molecule has 0 aliphatic rings. The molecule has 0 aliphatic carbocycles. The second-order valence-electron chi connectivity index (χ2n) is 7.09. The fourth-order valence-electron chi connectivity index (χ4n) is 2.47. The van der Waals surface area contributed by atoms with Gasteiger partial charge in [0.15, 0.2) is 0 Å². The van der Waals surface area contributed by atoms with E-state index in [1.165, 1.54) is 13.2 Å². The fraction of sp³-hybridized carbons (Fsp3) is 0.321. The number of fused-ring (bicyclic) bond motifs is 1. The maximum absolute atomic E-state index is 12.9. The predicted octanol–water partition coefficient (Wildman–Crippen LogP) is 8.36. The third-order valence-electron chi connectivity index (χ3n) is 4.05. The summed E-state index contributed by atoms with van der Waals surface area (Å²) >= 11 is 0. The predicted molar refractivity (Wildman–Crippen MR) is 142 cm³/mol. The van der Waals surface area contributed by atoms with Crippen LogP contribution in [0.15, 0.2) is 64.6 Å². The van der Waals surface area contributed by atoms with E-state index < -0.39 is 17.2 Å². The molecule has 7 heteroatoms. The topological polar surface area (TPSA) is 48.7 Å². The summed E-state index contributed by atoms with van der Waals surface area (Å²) in [6.07, 6.45) is 2.70. The average Bonchev–Trinajstić information content (AvgIpc) is 2.76. The van der Waals surface area contributed by atoms with Crippen molar-refractivity contribution in [3.05, 3.63) is 88.0 Å². The molecule has 0 aliphatic heterocycles. The first-order valence-electron chi connectivity index (χ1n) is 10.6. The normalized spacial score (nSPS) is 11.1. The highest BCUT2D eigenvalue weighted by molar-refractivity contribution is 5.90. The van der Waals surface area contributed by atoms with E-state index in [9.17, 15) is 18.0 Å². The van der Waals surface area contributed by atoms with Crippen molar-refractivity contribution in [3.63, 3.8) is 0 Å². The molecule has 1 heterocycles. The lowest BCUT2D eigenvalue weighted by Crippen LogP contribution is -2.12. The molecule has 0 radical (unpaired) electrons. The van der Waals surface area contributed by atoms with Crippen LogP contribution < -0.4 is 5.43 Å². The van der Waals surface area contributed by atoms with Crippen molar-refractivity contribution in [1.82, 2.24) is 0 Å². The van der Waals surface area contributed by atoms with Gasteiger partial charge in [-0.3, -0.25) is 4.79 Å². The molecule has 1 aromatic heterocycles. The molecule has 2 rings (SSSR count). The van der Waals surface area contributed by atoms with E-state index in [0.717, 1.165) is 18.6 Å². The van der Waals surface area contributed by atoms with Crippen LogP contribution in [0.5, 0.6) is 0 Å². The number of methoxy groups -OCH3 is 2. The summed E-state index contributed by atoms with van der Waals surface area (Å²) in [4.78, 5) is 12.9. The van der Waals surface area contributed by atoms with Crippen LogP contribution in [0, 0.1) is 6.92 Å². The van der Waals surface area contributed by atoms with E-state index in [1.807, 2.05) is 20.8 Å². The first-order valence-corrected chi connectivity index (χ1v) is 10.6. The van der Waals surface area contributed by atoms with Gasteiger partial charge < -0.3 is 13.9 Å². The number of aryl methyl sites for hydroxylation is 1. The molecule has 4 nitrogen and oxygen atoms in total. The third-order valence-corrected chi connectivity index (χ3v) is 4.05. The Balaban J connectivity index is 0. The van der Waals surface area contributed by atoms with Gasteiger partial charge in [0.25, 0.3) is 0 Å². The van der Waals surface area contributed by atoms with Crippen molar-refractivity contribution in [1.29, 1.82) is 0 Å². The van der Waals surface area contributed by atoms with Gasteiger partial charge in [-0.1, -0.05) is 30.9 Å². The van der Waals surface area contributed by atoms with Gasteiger partial charge in [-0.25, -0.2) is 0 Å². The fourth-order valence-corrected chi connectivity index (χ4v) is 2.47. The Morgan fingerprint density at radius 1 is 0.971 bits per heavy atom. The minimum absolute atomic E-state index is 0.0172. The molecule has 0 saturated carbocycles. The molecule has 0 amide bonds. The lowest BCUT2D eigenvalue weighted by Gasteiger charge is -2.11. The Labute approximate surface area is 206 Å². The van der Waals surface area contributed by atoms with Gasteiger partial charge in [-0.2, -0.15) is 13.2 Å². The molecular weight excluding hydrogens is 457 g/mol. The molecule has 0 unspecified atom stereocenters. The summed E-state index contributed by atoms with van der Waals surface area (Å²) < 4.78 is 53.6. The van der Waals surface area contributed by atoms with Crippen LogP contribution in [0.25, 0.3) is 29.2 Å². The lowest BCUT2D eigenvalue weighted by molar-refractivity contribution is -0.0904. The Morgan fingerprint density at radius 2 is 1.46 bits per heavy atom. The van der Waals surface area contributed by atoms with Crippen LogP contribution in [-0.4, -0.2) is 27.5 Å². The first kappa shape index (κ1) is 33.9. The maximum atomic E-state index is 12.9. The molecule has 0 atom stereocenters. The molecule has 0 bridgehead atoms. The maximum Gasteiger partial charge on any atom is 0.412 e. The Kier molecular flexibility index (Phi) is 16.6. The largest absolute Gasteiger partial charge is 0.501 e. The number of ether oxygens (including phenoxy) is 2. The van der Waals surface area contributed by atoms with Crippen molar-refractivity contribution in [2.24, 2.45) is 0 Å². The molecule has 0 fully saturated rings. The molecule has 35 heavy (non-hydrogen) atoms. The molecule has 0 saturated heterocycles. The monoisotopic (exact) mass is 494 g/mol. The molecule has 2 aromatic rings. The third kappa shape index (κ3) is 11.1. The van der Waals surface area contributed by atoms with E-state index in [1.54, 1.807) is 51.5 Å². The van der Waals surface area contributed by atoms with Crippen molar-refractivity contribution < 1.29 is 27.1 Å². The number of halogens is 3. The summed E-state index contributed by atoms with van der Waals surface area (Å²) in [6, 6.07) is 3.30. The van der Waals surface area contributed by atoms with Gasteiger partial charge >= 0.3 is 6.18 Å². The molecule has 194 valence electrons. The molecule has 0 spiro atoms. The number of hydrogen-bond acceptors (Lipinski definition) is 4. The van der Waals surface area contributed by atoms with Gasteiger partial charge in [-0.05, 0) is 64.0 Å². The van der Waals surface area contributed by atoms with E-state index in [-0.39, 0.29) is 22.3 Å². The summed E-state index contributed by atoms with van der Waals surface area (Å²) in [5.74, 6) is 0.409. The van der Waals surface area contributed by atoms with Gasteiger partial charge in [0.2, 0.25) is 5.43 Å². The Hall–Kier alpha value is -3.32. The zero-order valence-corrected chi connectivity index (χ0v) is 21.9. The Bertz CT molecular complexity index is 1080. The van der Waals surface area contributed by atoms with Gasteiger partial charge in [0, 0.05) is 19.8 Å².